The number of nitrogens with zero attached hydrogens (tertiary/aromatic N) is 2. The highest BCUT2D eigenvalue weighted by Crippen LogP contribution is 2.68. The fraction of sp³-hybridized carbons (Fsp3) is 0.370. The third kappa shape index (κ3) is 3.07. The third-order valence-electron chi connectivity index (χ3n) is 8.58. The van der Waals surface area contributed by atoms with E-state index in [0.717, 1.165) is 22.0 Å². The number of amides is 2. The Balaban J connectivity index is 1.31. The fourth-order valence-corrected chi connectivity index (χ4v) is 10.2. The molecule has 1 saturated heterocycles. The summed E-state index contributed by atoms with van der Waals surface area (Å²) in [6.45, 7) is 0. The maximum absolute atomic E-state index is 13.8. The van der Waals surface area contributed by atoms with E-state index in [2.05, 4.69) is 34.1 Å². The Labute approximate surface area is 221 Å². The number of anilines is 2. The fourth-order valence-electron chi connectivity index (χ4n) is 7.21. The minimum absolute atomic E-state index is 0.0369. The zero-order valence-corrected chi connectivity index (χ0v) is 22.1. The van der Waals surface area contributed by atoms with Crippen LogP contribution in [-0.4, -0.2) is 36.1 Å². The summed E-state index contributed by atoms with van der Waals surface area (Å²) in [5, 5.41) is 1.70. The highest BCUT2D eigenvalue weighted by Gasteiger charge is 2.69. The molecule has 7 atom stereocenters. The number of benzene rings is 2. The number of rotatable bonds is 3. The van der Waals surface area contributed by atoms with Crippen LogP contribution in [0.5, 0.6) is 0 Å². The summed E-state index contributed by atoms with van der Waals surface area (Å²) < 4.78 is 0. The standard InChI is InChI=1S/C27H24ClN3O3S2/c1-30(2)14-7-3-12(4-8-14)18-19-16-11-17(22(19)35-24-23(18)36-27(34)29-24)21-20(16)25(32)31(26(21)33)15-9-5-13(28)6-10-15/h3-10,16-22H,11H2,1-2H3,(H,29,34)/t16-,17+,18-,19-,20+,21-,22-/m1/s1. The molecule has 2 aromatic carbocycles. The number of imide groups is 1. The first-order chi connectivity index (χ1) is 17.3. The van der Waals surface area contributed by atoms with E-state index in [1.54, 1.807) is 36.0 Å². The zero-order valence-electron chi connectivity index (χ0n) is 19.7. The molecule has 2 amide bonds. The molecule has 184 valence electrons. The van der Waals surface area contributed by atoms with Crippen LogP contribution in [0.4, 0.5) is 11.4 Å². The Morgan fingerprint density at radius 1 is 0.944 bits per heavy atom. The van der Waals surface area contributed by atoms with Crippen LogP contribution in [0.25, 0.3) is 0 Å². The lowest BCUT2D eigenvalue weighted by atomic mass is 9.68. The van der Waals surface area contributed by atoms with Crippen LogP contribution in [0.1, 0.15) is 22.8 Å². The van der Waals surface area contributed by atoms with Crippen molar-refractivity contribution in [1.82, 2.24) is 4.98 Å². The van der Waals surface area contributed by atoms with Crippen molar-refractivity contribution >= 4 is 57.9 Å². The maximum atomic E-state index is 13.8. The number of fused-ring (bicyclic) bond motifs is 9. The monoisotopic (exact) mass is 537 g/mol. The molecule has 0 radical (unpaired) electrons. The van der Waals surface area contributed by atoms with Gasteiger partial charge in [0.25, 0.3) is 0 Å². The molecule has 3 aromatic rings. The van der Waals surface area contributed by atoms with Crippen molar-refractivity contribution in [2.45, 2.75) is 22.6 Å². The number of aromatic nitrogens is 1. The lowest BCUT2D eigenvalue weighted by molar-refractivity contribution is -0.123. The second-order valence-electron chi connectivity index (χ2n) is 10.4. The van der Waals surface area contributed by atoms with Crippen molar-refractivity contribution in [2.24, 2.45) is 29.6 Å². The van der Waals surface area contributed by atoms with Gasteiger partial charge in [-0.15, -0.1) is 11.8 Å². The number of hydrogen-bond donors (Lipinski definition) is 1. The lowest BCUT2D eigenvalue weighted by Crippen LogP contribution is -2.42. The Morgan fingerprint density at radius 3 is 2.28 bits per heavy atom. The molecule has 7 rings (SSSR count). The largest absolute Gasteiger partial charge is 0.378 e. The van der Waals surface area contributed by atoms with E-state index in [1.165, 1.54) is 21.8 Å². The normalized spacial score (nSPS) is 32.0. The Hall–Kier alpha value is -2.55. The minimum Gasteiger partial charge on any atom is -0.378 e. The molecule has 3 heterocycles. The summed E-state index contributed by atoms with van der Waals surface area (Å²) in [4.78, 5) is 47.4. The zero-order chi connectivity index (χ0) is 24.9. The smallest absolute Gasteiger partial charge is 0.305 e. The van der Waals surface area contributed by atoms with E-state index in [4.69, 9.17) is 11.6 Å². The number of halogens is 1. The molecule has 36 heavy (non-hydrogen) atoms. The van der Waals surface area contributed by atoms with Gasteiger partial charge in [0.15, 0.2) is 0 Å². The van der Waals surface area contributed by atoms with Crippen molar-refractivity contribution in [3.8, 4) is 0 Å². The van der Waals surface area contributed by atoms with Gasteiger partial charge in [-0.3, -0.25) is 19.3 Å². The third-order valence-corrected chi connectivity index (χ3v) is 11.4. The molecule has 2 aliphatic carbocycles. The van der Waals surface area contributed by atoms with Crippen LogP contribution in [0.15, 0.2) is 58.4 Å². The van der Waals surface area contributed by atoms with Crippen LogP contribution in [0.2, 0.25) is 5.02 Å². The van der Waals surface area contributed by atoms with E-state index in [-0.39, 0.29) is 57.4 Å². The van der Waals surface area contributed by atoms with Gasteiger partial charge in [-0.25, -0.2) is 0 Å². The summed E-state index contributed by atoms with van der Waals surface area (Å²) in [5.41, 5.74) is 2.88. The number of hydrogen-bond acceptors (Lipinski definition) is 6. The molecular weight excluding hydrogens is 514 g/mol. The van der Waals surface area contributed by atoms with Crippen molar-refractivity contribution < 1.29 is 9.59 Å². The van der Waals surface area contributed by atoms with E-state index in [1.807, 2.05) is 14.1 Å². The molecule has 2 aliphatic heterocycles. The second-order valence-corrected chi connectivity index (χ2v) is 13.1. The van der Waals surface area contributed by atoms with Crippen LogP contribution in [0.3, 0.4) is 0 Å². The molecule has 9 heteroatoms. The van der Waals surface area contributed by atoms with Gasteiger partial charge in [0.05, 0.1) is 22.5 Å². The number of carbonyl (C=O) groups excluding carboxylic acids is 2. The first-order valence-electron chi connectivity index (χ1n) is 12.1. The Bertz CT molecular complexity index is 1450. The molecule has 6 nitrogen and oxygen atoms in total. The number of thioether (sulfide) groups is 1. The van der Waals surface area contributed by atoms with Gasteiger partial charge >= 0.3 is 4.87 Å². The molecule has 0 unspecified atom stereocenters. The average molecular weight is 538 g/mol. The molecule has 0 spiro atoms. The van der Waals surface area contributed by atoms with E-state index in [0.29, 0.717) is 10.7 Å². The number of aromatic amines is 1. The van der Waals surface area contributed by atoms with Gasteiger partial charge in [0.2, 0.25) is 11.8 Å². The summed E-state index contributed by atoms with van der Waals surface area (Å²) in [5.74, 6) is -0.314. The topological polar surface area (TPSA) is 73.5 Å². The highest BCUT2D eigenvalue weighted by molar-refractivity contribution is 8.00. The van der Waals surface area contributed by atoms with E-state index in [9.17, 15) is 14.4 Å². The first kappa shape index (κ1) is 22.6. The SMILES string of the molecule is CN(C)c1ccc([C@H]2c3sc(=O)[nH]c3S[C@@H]3[C@H]4C[C@@H]([C@@H]5C(=O)N(c6ccc(Cl)cc6)C(=O)[C@H]45)[C@H]23)cc1. The van der Waals surface area contributed by atoms with Gasteiger partial charge in [-0.2, -0.15) is 0 Å². The van der Waals surface area contributed by atoms with E-state index >= 15 is 0 Å². The van der Waals surface area contributed by atoms with Crippen molar-refractivity contribution in [1.29, 1.82) is 0 Å². The van der Waals surface area contributed by atoms with Gasteiger partial charge in [-0.05, 0) is 66.1 Å². The average Bonchev–Trinajstić information content (AvgIpc) is 3.59. The predicted molar refractivity (Wildman–Crippen MR) is 143 cm³/mol. The number of thiazole rings is 1. The van der Waals surface area contributed by atoms with Crippen LogP contribution in [-0.2, 0) is 9.59 Å². The van der Waals surface area contributed by atoms with Gasteiger partial charge in [-0.1, -0.05) is 35.1 Å². The number of H-pyrrole nitrogens is 1. The Morgan fingerprint density at radius 2 is 1.61 bits per heavy atom. The summed E-state index contributed by atoms with van der Waals surface area (Å²) >= 11 is 9.06. The maximum Gasteiger partial charge on any atom is 0.305 e. The van der Waals surface area contributed by atoms with Crippen molar-refractivity contribution in [3.05, 3.63) is 73.7 Å². The Kier molecular flexibility index (Phi) is 5.01. The molecule has 1 N–H and O–H groups in total. The van der Waals surface area contributed by atoms with E-state index < -0.39 is 0 Å². The molecule has 2 bridgehead atoms. The summed E-state index contributed by atoms with van der Waals surface area (Å²) in [6, 6.07) is 15.5. The highest BCUT2D eigenvalue weighted by atomic mass is 35.5. The predicted octanol–water partition coefficient (Wildman–Crippen LogP) is 4.83. The summed E-state index contributed by atoms with van der Waals surface area (Å²) in [7, 11) is 4.03. The lowest BCUT2D eigenvalue weighted by Gasteiger charge is -2.43. The molecular formula is C27H24ClN3O3S2. The van der Waals surface area contributed by atoms with Gasteiger partial charge in [0.1, 0.15) is 0 Å². The molecule has 4 aliphatic rings. The summed E-state index contributed by atoms with van der Waals surface area (Å²) in [6.07, 6.45) is 0.884. The number of nitrogens with one attached hydrogen (secondary N) is 1. The van der Waals surface area contributed by atoms with Crippen LogP contribution in [0, 0.1) is 29.6 Å². The van der Waals surface area contributed by atoms with Crippen LogP contribution >= 0.6 is 34.7 Å². The quantitative estimate of drug-likeness (QED) is 0.484. The molecule has 2 saturated carbocycles. The second kappa shape index (κ2) is 7.97. The van der Waals surface area contributed by atoms with Crippen molar-refractivity contribution in [2.75, 3.05) is 23.9 Å². The minimum atomic E-state index is -0.305. The van der Waals surface area contributed by atoms with Crippen LogP contribution < -0.4 is 14.7 Å². The molecule has 1 aromatic heterocycles. The number of carbonyl (C=O) groups is 2. The van der Waals surface area contributed by atoms with Gasteiger partial charge in [0, 0.05) is 40.9 Å². The van der Waals surface area contributed by atoms with Crippen molar-refractivity contribution in [3.63, 3.8) is 0 Å². The van der Waals surface area contributed by atoms with Gasteiger partial charge < -0.3 is 9.88 Å². The molecule has 3 fully saturated rings. The first-order valence-corrected chi connectivity index (χ1v) is 14.2.